The predicted octanol–water partition coefficient (Wildman–Crippen LogP) is 8.28. The van der Waals surface area contributed by atoms with E-state index < -0.39 is 13.7 Å². The monoisotopic (exact) mass is 869 g/mol. The largest absolute Gasteiger partial charge is 0.497 e. The van der Waals surface area contributed by atoms with E-state index in [0.29, 0.717) is 36.5 Å². The van der Waals surface area contributed by atoms with Gasteiger partial charge >= 0.3 is 0 Å². The van der Waals surface area contributed by atoms with E-state index in [4.69, 9.17) is 9.47 Å². The van der Waals surface area contributed by atoms with Gasteiger partial charge in [0.1, 0.15) is 5.75 Å². The number of aliphatic hydroxyl groups excluding tert-OH is 1. The Morgan fingerprint density at radius 3 is 2.41 bits per heavy atom. The van der Waals surface area contributed by atoms with E-state index in [1.54, 1.807) is 19.2 Å². The van der Waals surface area contributed by atoms with Crippen molar-refractivity contribution in [3.05, 3.63) is 166 Å². The first-order valence-corrected chi connectivity index (χ1v) is 23.9. The average molecular weight is 871 g/mol. The number of hydrogen-bond donors (Lipinski definition) is 2. The average Bonchev–Trinajstić information content (AvgIpc) is 3.91. The smallest absolute Gasteiger partial charge is 0.264 e. The van der Waals surface area contributed by atoms with Crippen LogP contribution in [0.4, 0.5) is 11.4 Å². The number of benzene rings is 5. The van der Waals surface area contributed by atoms with Crippen LogP contribution in [0, 0.1) is 5.92 Å². The van der Waals surface area contributed by atoms with Crippen LogP contribution in [0.15, 0.2) is 138 Å². The molecule has 2 aliphatic rings. The van der Waals surface area contributed by atoms with E-state index in [9.17, 15) is 9.90 Å². The maximum Gasteiger partial charge on any atom is 0.264 e. The quantitative estimate of drug-likeness (QED) is 0.112. The first-order chi connectivity index (χ1) is 28.5. The number of halogens is 1. The van der Waals surface area contributed by atoms with Crippen molar-refractivity contribution in [3.63, 3.8) is 0 Å². The molecule has 0 saturated carbocycles. The summed E-state index contributed by atoms with van der Waals surface area (Å²) in [6.07, 6.45) is 2.21. The lowest BCUT2D eigenvalue weighted by atomic mass is 9.82. The van der Waals surface area contributed by atoms with Gasteiger partial charge in [0.2, 0.25) is 0 Å². The van der Waals surface area contributed by atoms with Gasteiger partial charge in [-0.15, -0.1) is 5.10 Å². The van der Waals surface area contributed by atoms with Crippen molar-refractivity contribution < 1.29 is 24.2 Å². The number of aromatic nitrogens is 3. The predicted molar refractivity (Wildman–Crippen MR) is 236 cm³/mol. The molecule has 6 aromatic rings. The van der Waals surface area contributed by atoms with Gasteiger partial charge in [-0.1, -0.05) is 119 Å². The minimum absolute atomic E-state index is 0.0284. The molecule has 2 amide bonds. The maximum atomic E-state index is 15.4. The molecule has 12 heteroatoms. The molecule has 2 aliphatic heterocycles. The van der Waals surface area contributed by atoms with Gasteiger partial charge in [0.05, 0.1) is 51.7 Å². The second-order valence-electron chi connectivity index (χ2n) is 16.1. The van der Waals surface area contributed by atoms with E-state index in [2.05, 4.69) is 63.7 Å². The van der Waals surface area contributed by atoms with E-state index in [0.717, 1.165) is 32.6 Å². The zero-order valence-electron chi connectivity index (χ0n) is 33.6. The number of carbonyl (C=O) groups excluding carboxylic acids is 2. The molecule has 5 aromatic carbocycles. The fourth-order valence-corrected chi connectivity index (χ4v) is 13.8. The highest BCUT2D eigenvalue weighted by Gasteiger charge is 2.66. The van der Waals surface area contributed by atoms with Crippen LogP contribution < -0.4 is 20.1 Å². The molecular formula is C47H48BrN5O5Si. The maximum absolute atomic E-state index is 15.4. The highest BCUT2D eigenvalue weighted by atomic mass is 79.9. The Hall–Kier alpha value is -5.40. The molecule has 1 unspecified atom stereocenters. The summed E-state index contributed by atoms with van der Waals surface area (Å²) in [5, 5.41) is 23.6. The highest BCUT2D eigenvalue weighted by Crippen LogP contribution is 2.60. The molecule has 5 atom stereocenters. The number of carbonyl (C=O) groups is 2. The summed E-state index contributed by atoms with van der Waals surface area (Å²) in [5.74, 6) is 0.0182. The topological polar surface area (TPSA) is 119 Å². The Morgan fingerprint density at radius 2 is 1.69 bits per heavy atom. The molecule has 1 saturated heterocycles. The Morgan fingerprint density at radius 1 is 0.966 bits per heavy atom. The molecular weight excluding hydrogens is 823 g/mol. The third-order valence-electron chi connectivity index (χ3n) is 12.3. The standard InChI is InChI=1S/C47H48BrN5O5Si/c1-31-44(59(3,4)38-21-19-37(57-2)20-22-38)43(24-25-52-29-41(50-51-52)39(30-54)33-13-7-5-8-14-33)58-47(31)40-27-35(48)18-23-42(40)53(46(47)56)28-32-12-11-17-36(26-32)49-45(55)34-15-9-6-10-16-34/h5-23,26-27,29,31,39,43-44,54H,24-25,28,30H2,1-4H3,(H,49,55)/t31-,39?,43+,44-,47+/m0/s1. The SMILES string of the molecule is COc1ccc([Si](C)(C)[C@@H]2[C@@H](CCn3cc(C(CO)c4ccccc4)nn3)O[C@]3(C(=O)N(Cc4cccc(NC(=O)c5ccccc5)c4)c4ccc(Br)cc43)[C@H]2C)cc1. The summed E-state index contributed by atoms with van der Waals surface area (Å²) in [7, 11) is -0.723. The summed E-state index contributed by atoms with van der Waals surface area (Å²) < 4.78 is 15.6. The number of rotatable bonds is 13. The number of nitrogens with zero attached hydrogens (tertiary/aromatic N) is 4. The number of anilines is 2. The second kappa shape index (κ2) is 16.7. The van der Waals surface area contributed by atoms with E-state index in [1.165, 1.54) is 5.19 Å². The number of nitrogens with one attached hydrogen (secondary N) is 1. The third-order valence-corrected chi connectivity index (χ3v) is 17.2. The highest BCUT2D eigenvalue weighted by molar-refractivity contribution is 9.10. The minimum atomic E-state index is -2.40. The molecule has 59 heavy (non-hydrogen) atoms. The Labute approximate surface area is 354 Å². The number of fused-ring (bicyclic) bond motifs is 2. The summed E-state index contributed by atoms with van der Waals surface area (Å²) in [6, 6.07) is 41.0. The van der Waals surface area contributed by atoms with Crippen molar-refractivity contribution in [1.29, 1.82) is 0 Å². The van der Waals surface area contributed by atoms with Crippen molar-refractivity contribution in [2.75, 3.05) is 23.9 Å². The zero-order chi connectivity index (χ0) is 41.3. The second-order valence-corrected chi connectivity index (χ2v) is 21.7. The number of methoxy groups -OCH3 is 1. The van der Waals surface area contributed by atoms with Gasteiger partial charge in [-0.05, 0) is 77.7 Å². The summed E-state index contributed by atoms with van der Waals surface area (Å²) in [4.78, 5) is 30.3. The van der Waals surface area contributed by atoms with Crippen LogP contribution in [0.1, 0.15) is 52.0 Å². The van der Waals surface area contributed by atoms with Gasteiger partial charge < -0.3 is 24.8 Å². The van der Waals surface area contributed by atoms with Crippen molar-refractivity contribution in [1.82, 2.24) is 15.0 Å². The van der Waals surface area contributed by atoms with E-state index >= 15 is 4.79 Å². The Kier molecular flexibility index (Phi) is 11.4. The third kappa shape index (κ3) is 7.66. The molecule has 8 rings (SSSR count). The molecule has 0 radical (unpaired) electrons. The van der Waals surface area contributed by atoms with Gasteiger partial charge in [0, 0.05) is 39.9 Å². The van der Waals surface area contributed by atoms with Crippen molar-refractivity contribution in [2.24, 2.45) is 5.92 Å². The van der Waals surface area contributed by atoms with E-state index in [-0.39, 0.29) is 41.9 Å². The van der Waals surface area contributed by atoms with Gasteiger partial charge in [-0.3, -0.25) is 14.3 Å². The molecule has 302 valence electrons. The zero-order valence-corrected chi connectivity index (χ0v) is 36.2. The summed E-state index contributed by atoms with van der Waals surface area (Å²) >= 11 is 3.73. The minimum Gasteiger partial charge on any atom is -0.497 e. The van der Waals surface area contributed by atoms with Crippen LogP contribution in [0.5, 0.6) is 5.75 Å². The molecule has 0 aliphatic carbocycles. The van der Waals surface area contributed by atoms with Gasteiger partial charge in [0.15, 0.2) is 5.60 Å². The lowest BCUT2D eigenvalue weighted by molar-refractivity contribution is -0.146. The number of hydrogen-bond acceptors (Lipinski definition) is 7. The van der Waals surface area contributed by atoms with Crippen LogP contribution in [-0.4, -0.2) is 59.8 Å². The molecule has 1 fully saturated rings. The first kappa shape index (κ1) is 40.4. The summed E-state index contributed by atoms with van der Waals surface area (Å²) in [5.41, 5.74) is 4.21. The lowest BCUT2D eigenvalue weighted by Gasteiger charge is -2.37. The fraction of sp³-hybridized carbons (Fsp3) is 0.277. The van der Waals surface area contributed by atoms with Crippen LogP contribution >= 0.6 is 15.9 Å². The molecule has 3 heterocycles. The molecule has 2 N–H and O–H groups in total. The van der Waals surface area contributed by atoms with Crippen molar-refractivity contribution in [2.45, 2.75) is 62.7 Å². The van der Waals surface area contributed by atoms with Crippen LogP contribution in [0.3, 0.4) is 0 Å². The normalized spacial score (nSPS) is 20.5. The molecule has 1 spiro atoms. The van der Waals surface area contributed by atoms with Crippen LogP contribution in [0.2, 0.25) is 18.6 Å². The molecule has 1 aromatic heterocycles. The number of ether oxygens (including phenoxy) is 2. The van der Waals surface area contributed by atoms with Crippen LogP contribution in [-0.2, 0) is 28.2 Å². The van der Waals surface area contributed by atoms with Crippen LogP contribution in [0.25, 0.3) is 0 Å². The molecule has 0 bridgehead atoms. The number of aryl methyl sites for hydroxylation is 1. The molecule has 10 nitrogen and oxygen atoms in total. The Balaban J connectivity index is 1.12. The van der Waals surface area contributed by atoms with Gasteiger partial charge in [-0.25, -0.2) is 0 Å². The number of amides is 2. The Bertz CT molecular complexity index is 2450. The lowest BCUT2D eigenvalue weighted by Crippen LogP contribution is -2.51. The number of aliphatic hydroxyl groups is 1. The first-order valence-electron chi connectivity index (χ1n) is 20.0. The van der Waals surface area contributed by atoms with Crippen molar-refractivity contribution in [3.8, 4) is 5.75 Å². The van der Waals surface area contributed by atoms with E-state index in [1.807, 2.05) is 119 Å². The fourth-order valence-electron chi connectivity index (χ4n) is 9.33. The van der Waals surface area contributed by atoms with Gasteiger partial charge in [0.25, 0.3) is 11.8 Å². The van der Waals surface area contributed by atoms with Crippen molar-refractivity contribution >= 4 is 52.4 Å². The summed E-state index contributed by atoms with van der Waals surface area (Å²) in [6.45, 7) is 7.66. The van der Waals surface area contributed by atoms with Gasteiger partial charge in [-0.2, -0.15) is 0 Å².